The van der Waals surface area contributed by atoms with Gasteiger partial charge < -0.3 is 15.3 Å². The largest absolute Gasteiger partial charge is 0.480 e. The molecule has 0 radical (unpaired) electrons. The molecule has 1 aromatic rings. The Bertz CT molecular complexity index is 420. The van der Waals surface area contributed by atoms with Crippen LogP contribution in [0.1, 0.15) is 17.4 Å². The average molecular weight is 237 g/mol. The zero-order chi connectivity index (χ0) is 12.8. The molecule has 2 N–H and O–H groups in total. The summed E-state index contributed by atoms with van der Waals surface area (Å²) in [5, 5.41) is 11.3. The number of hydrogen-bond donors (Lipinski definition) is 2. The van der Waals surface area contributed by atoms with Gasteiger partial charge in [-0.2, -0.15) is 0 Å². The Morgan fingerprint density at radius 2 is 2.24 bits per heavy atom. The molecule has 6 heteroatoms. The first-order valence-corrected chi connectivity index (χ1v) is 5.21. The summed E-state index contributed by atoms with van der Waals surface area (Å²) in [6.45, 7) is 2.22. The van der Waals surface area contributed by atoms with Crippen LogP contribution in [0.25, 0.3) is 0 Å². The van der Waals surface area contributed by atoms with Gasteiger partial charge in [0.2, 0.25) is 0 Å². The van der Waals surface area contributed by atoms with Crippen LogP contribution < -0.4 is 10.2 Å². The first-order valence-electron chi connectivity index (χ1n) is 5.21. The molecule has 1 aromatic heterocycles. The normalized spacial score (nSPS) is 9.76. The first-order chi connectivity index (χ1) is 8.04. The maximum atomic E-state index is 11.5. The summed E-state index contributed by atoms with van der Waals surface area (Å²) in [5.41, 5.74) is 0.922. The van der Waals surface area contributed by atoms with Crippen LogP contribution in [0.3, 0.4) is 0 Å². The molecule has 1 amide bonds. The second kappa shape index (κ2) is 5.83. The van der Waals surface area contributed by atoms with Crippen molar-refractivity contribution in [3.05, 3.63) is 24.0 Å². The fourth-order valence-electron chi connectivity index (χ4n) is 1.33. The van der Waals surface area contributed by atoms with Crippen molar-refractivity contribution in [2.45, 2.75) is 6.92 Å². The Morgan fingerprint density at radius 3 is 2.82 bits per heavy atom. The molecular formula is C11H15N3O3. The van der Waals surface area contributed by atoms with E-state index in [0.717, 1.165) is 0 Å². The molecule has 0 aromatic carbocycles. The number of aliphatic carboxylic acids is 1. The maximum Gasteiger partial charge on any atom is 0.323 e. The van der Waals surface area contributed by atoms with Crippen molar-refractivity contribution in [2.75, 3.05) is 25.0 Å². The number of hydrogen-bond acceptors (Lipinski definition) is 4. The fraction of sp³-hybridized carbons (Fsp3) is 0.364. The molecule has 0 spiro atoms. The molecule has 0 bridgehead atoms. The monoisotopic (exact) mass is 237 g/mol. The van der Waals surface area contributed by atoms with Gasteiger partial charge in [-0.25, -0.2) is 0 Å². The first kappa shape index (κ1) is 13.0. The van der Waals surface area contributed by atoms with Gasteiger partial charge in [0.15, 0.2) is 0 Å². The van der Waals surface area contributed by atoms with Crippen molar-refractivity contribution in [1.82, 2.24) is 10.3 Å². The van der Waals surface area contributed by atoms with Gasteiger partial charge in [-0.1, -0.05) is 0 Å². The lowest BCUT2D eigenvalue weighted by Crippen LogP contribution is -2.27. The number of rotatable bonds is 5. The topological polar surface area (TPSA) is 82.5 Å². The van der Waals surface area contributed by atoms with Crippen LogP contribution in [0.15, 0.2) is 18.3 Å². The van der Waals surface area contributed by atoms with Crippen molar-refractivity contribution in [2.24, 2.45) is 0 Å². The van der Waals surface area contributed by atoms with Crippen molar-refractivity contribution in [3.8, 4) is 0 Å². The molecule has 0 fully saturated rings. The number of likely N-dealkylation sites (N-methyl/N-ethyl adjacent to an activating group) is 1. The summed E-state index contributed by atoms with van der Waals surface area (Å²) in [7, 11) is 1.64. The number of carbonyl (C=O) groups excluding carboxylic acids is 1. The smallest absolute Gasteiger partial charge is 0.323 e. The highest BCUT2D eigenvalue weighted by atomic mass is 16.4. The van der Waals surface area contributed by atoms with Crippen LogP contribution in [0, 0.1) is 0 Å². The lowest BCUT2D eigenvalue weighted by atomic mass is 10.3. The molecule has 6 nitrogen and oxygen atoms in total. The molecule has 0 atom stereocenters. The minimum atomic E-state index is -0.927. The molecule has 17 heavy (non-hydrogen) atoms. The predicted octanol–water partition coefficient (Wildman–Crippen LogP) is 0.352. The number of carboxylic acids is 1. The highest BCUT2D eigenvalue weighted by Gasteiger charge is 2.10. The molecule has 0 saturated heterocycles. The number of pyridine rings is 1. The zero-order valence-corrected chi connectivity index (χ0v) is 9.80. The van der Waals surface area contributed by atoms with Crippen LogP contribution in [-0.2, 0) is 4.79 Å². The molecule has 0 aliphatic rings. The van der Waals surface area contributed by atoms with E-state index in [2.05, 4.69) is 10.3 Å². The number of carboxylic acid groups (broad SMARTS) is 1. The fourth-order valence-corrected chi connectivity index (χ4v) is 1.33. The third-order valence-corrected chi connectivity index (χ3v) is 2.13. The van der Waals surface area contributed by atoms with Gasteiger partial charge in [0.1, 0.15) is 12.2 Å². The number of nitrogens with one attached hydrogen (secondary N) is 1. The summed E-state index contributed by atoms with van der Waals surface area (Å²) < 4.78 is 0. The van der Waals surface area contributed by atoms with Gasteiger partial charge in [0, 0.05) is 25.5 Å². The Labute approximate surface area is 99.3 Å². The molecule has 1 rings (SSSR count). The SMILES string of the molecule is CCNC(=O)c1cc(N(C)CC(=O)O)ccn1. The van der Waals surface area contributed by atoms with E-state index in [4.69, 9.17) is 5.11 Å². The van der Waals surface area contributed by atoms with Crippen LogP contribution in [0.4, 0.5) is 5.69 Å². The molecule has 0 aliphatic heterocycles. The van der Waals surface area contributed by atoms with E-state index >= 15 is 0 Å². The third kappa shape index (κ3) is 3.75. The van der Waals surface area contributed by atoms with Gasteiger partial charge in [-0.15, -0.1) is 0 Å². The van der Waals surface area contributed by atoms with E-state index in [1.807, 2.05) is 6.92 Å². The van der Waals surface area contributed by atoms with Crippen LogP contribution in [0.2, 0.25) is 0 Å². The van der Waals surface area contributed by atoms with Crippen molar-refractivity contribution in [1.29, 1.82) is 0 Å². The van der Waals surface area contributed by atoms with Crippen molar-refractivity contribution < 1.29 is 14.7 Å². The van der Waals surface area contributed by atoms with E-state index < -0.39 is 5.97 Å². The second-order valence-electron chi connectivity index (χ2n) is 3.51. The maximum absolute atomic E-state index is 11.5. The molecule has 92 valence electrons. The number of nitrogens with zero attached hydrogens (tertiary/aromatic N) is 2. The van der Waals surface area contributed by atoms with E-state index in [9.17, 15) is 9.59 Å². The molecule has 0 aliphatic carbocycles. The Balaban J connectivity index is 2.85. The Morgan fingerprint density at radius 1 is 1.53 bits per heavy atom. The highest BCUT2D eigenvalue weighted by Crippen LogP contribution is 2.12. The number of aromatic nitrogens is 1. The number of anilines is 1. The second-order valence-corrected chi connectivity index (χ2v) is 3.51. The van der Waals surface area contributed by atoms with Gasteiger partial charge in [0.25, 0.3) is 5.91 Å². The van der Waals surface area contributed by atoms with Gasteiger partial charge in [-0.3, -0.25) is 14.6 Å². The van der Waals surface area contributed by atoms with Crippen LogP contribution in [0.5, 0.6) is 0 Å². The minimum absolute atomic E-state index is 0.126. The van der Waals surface area contributed by atoms with E-state index in [1.54, 1.807) is 19.2 Å². The number of amides is 1. The summed E-state index contributed by atoms with van der Waals surface area (Å²) in [5.74, 6) is -1.19. The predicted molar refractivity (Wildman–Crippen MR) is 63.2 cm³/mol. The summed E-state index contributed by atoms with van der Waals surface area (Å²) >= 11 is 0. The lowest BCUT2D eigenvalue weighted by molar-refractivity contribution is -0.135. The van der Waals surface area contributed by atoms with Crippen LogP contribution in [-0.4, -0.2) is 42.1 Å². The Hall–Kier alpha value is -2.11. The van der Waals surface area contributed by atoms with E-state index in [0.29, 0.717) is 12.2 Å². The quantitative estimate of drug-likeness (QED) is 0.772. The van der Waals surface area contributed by atoms with Crippen molar-refractivity contribution >= 4 is 17.6 Å². The summed E-state index contributed by atoms with van der Waals surface area (Å²) in [6, 6.07) is 3.22. The molecular weight excluding hydrogens is 222 g/mol. The standard InChI is InChI=1S/C11H15N3O3/c1-3-12-11(17)9-6-8(4-5-13-9)14(2)7-10(15)16/h4-6H,3,7H2,1-2H3,(H,12,17)(H,15,16). The molecule has 1 heterocycles. The average Bonchev–Trinajstić information content (AvgIpc) is 2.28. The summed E-state index contributed by atoms with van der Waals surface area (Å²) in [4.78, 5) is 27.6. The van der Waals surface area contributed by atoms with Crippen LogP contribution >= 0.6 is 0 Å². The van der Waals surface area contributed by atoms with Gasteiger partial charge in [-0.05, 0) is 19.1 Å². The number of carbonyl (C=O) groups is 2. The van der Waals surface area contributed by atoms with E-state index in [1.165, 1.54) is 11.1 Å². The molecule has 0 unspecified atom stereocenters. The lowest BCUT2D eigenvalue weighted by Gasteiger charge is -2.16. The van der Waals surface area contributed by atoms with Crippen molar-refractivity contribution in [3.63, 3.8) is 0 Å². The van der Waals surface area contributed by atoms with Gasteiger partial charge in [0.05, 0.1) is 0 Å². The molecule has 0 saturated carbocycles. The Kier molecular flexibility index (Phi) is 4.45. The highest BCUT2D eigenvalue weighted by molar-refractivity contribution is 5.93. The summed E-state index contributed by atoms with van der Waals surface area (Å²) in [6.07, 6.45) is 1.48. The third-order valence-electron chi connectivity index (χ3n) is 2.13. The van der Waals surface area contributed by atoms with Gasteiger partial charge >= 0.3 is 5.97 Å². The van der Waals surface area contributed by atoms with E-state index in [-0.39, 0.29) is 18.1 Å². The minimum Gasteiger partial charge on any atom is -0.480 e. The zero-order valence-electron chi connectivity index (χ0n) is 9.80.